The Balaban J connectivity index is 0.000000189. The van der Waals surface area contributed by atoms with E-state index in [1.165, 1.54) is 5.56 Å². The van der Waals surface area contributed by atoms with Crippen molar-refractivity contribution in [3.05, 3.63) is 234 Å². The number of phosphoric acid groups is 1. The maximum atomic E-state index is 14.9. The Hall–Kier alpha value is -9.65. The largest absolute Gasteiger partial charge is 0.647 e. The smallest absolute Gasteiger partial charge is 0.473 e. The van der Waals surface area contributed by atoms with Crippen LogP contribution in [-0.4, -0.2) is 40.1 Å². The zero-order valence-corrected chi connectivity index (χ0v) is 44.3. The van der Waals surface area contributed by atoms with E-state index < -0.39 is 7.82 Å². The van der Waals surface area contributed by atoms with Crippen LogP contribution in [0.4, 0.5) is 17.1 Å². The highest BCUT2D eigenvalue weighted by Crippen LogP contribution is 2.52. The molecule has 9 aromatic carbocycles. The number of benzene rings is 9. The summed E-state index contributed by atoms with van der Waals surface area (Å²) >= 11 is 0. The number of anilines is 3. The number of aromatic nitrogens is 4. The Kier molecular flexibility index (Phi) is 13.0. The first-order valence-corrected chi connectivity index (χ1v) is 27.5. The molecule has 0 unspecified atom stereocenters. The van der Waals surface area contributed by atoms with E-state index in [9.17, 15) is 4.57 Å². The fourth-order valence-electron chi connectivity index (χ4n) is 10.1. The molecule has 0 amide bonds. The van der Waals surface area contributed by atoms with Crippen molar-refractivity contribution in [2.75, 3.05) is 34.9 Å². The summed E-state index contributed by atoms with van der Waals surface area (Å²) in [7, 11) is -4.38. The minimum absolute atomic E-state index is 0.318. The Morgan fingerprint density at radius 1 is 0.430 bits per heavy atom. The van der Waals surface area contributed by atoms with E-state index in [4.69, 9.17) is 32.8 Å². The highest BCUT2D eigenvalue weighted by Gasteiger charge is 2.35. The summed E-state index contributed by atoms with van der Waals surface area (Å²) in [6, 6.07) is 67.3. The molecule has 0 bridgehead atoms. The molecule has 3 aliphatic rings. The lowest BCUT2D eigenvalue weighted by atomic mass is 10.0. The number of fused-ring (bicyclic) bond motifs is 5. The summed E-state index contributed by atoms with van der Waals surface area (Å²) in [6.45, 7) is 7.04. The minimum atomic E-state index is -4.38. The third-order valence-electron chi connectivity index (χ3n) is 14.0. The van der Waals surface area contributed by atoms with E-state index >= 15 is 0 Å². The van der Waals surface area contributed by atoms with Crippen LogP contribution < -0.4 is 42.5 Å². The van der Waals surface area contributed by atoms with Gasteiger partial charge in [-0.05, 0) is 146 Å². The molecule has 2 aromatic heterocycles. The summed E-state index contributed by atoms with van der Waals surface area (Å²) in [5.41, 5.74) is 14.5. The molecule has 15 heteroatoms. The number of hydrogen-bond acceptors (Lipinski definition) is 12. The predicted octanol–water partition coefficient (Wildman–Crippen LogP) is 14.8. The molecule has 0 aliphatic carbocycles. The summed E-state index contributed by atoms with van der Waals surface area (Å²) in [6.07, 6.45) is 0. The Labute approximate surface area is 457 Å². The lowest BCUT2D eigenvalue weighted by Gasteiger charge is -2.31. The number of nitrogens with zero attached hydrogens (tertiary/aromatic N) is 5. The molecular formula is C64H54N7O7P. The fraction of sp³-hybridized carbons (Fsp3) is 0.125. The Bertz CT molecular complexity index is 3790. The SMILES string of the molecule is Cc1cccc(-c2nc3ccc(-c4ccc5nc(C)[nH]c5c4)cc3[nH]2)c1.O=P(Oc1ccc2c(c1)CN(c1ccccc1)CO2)(Oc1ccc2c(c1)CN(c1ccccc1)CO2)Oc1ccc2c(c1)CN(c1ccccc1)CO2. The molecule has 5 heterocycles. The number of H-pyrrole nitrogens is 2. The predicted molar refractivity (Wildman–Crippen MR) is 309 cm³/mol. The maximum absolute atomic E-state index is 14.9. The van der Waals surface area contributed by atoms with E-state index in [-0.39, 0.29) is 0 Å². The van der Waals surface area contributed by atoms with Gasteiger partial charge in [0.25, 0.3) is 0 Å². The number of phosphoric ester groups is 1. The van der Waals surface area contributed by atoms with Crippen molar-refractivity contribution in [3.63, 3.8) is 0 Å². The van der Waals surface area contributed by atoms with Crippen molar-refractivity contribution in [2.45, 2.75) is 33.5 Å². The third-order valence-corrected chi connectivity index (χ3v) is 15.3. The standard InChI is InChI=1S/C42H36N3O7P.C22H18N4/c46-53(50-37-16-19-40-31(22-37)25-43(28-47-40)34-10-4-1-5-11-34,51-38-17-20-41-32(23-38)26-44(29-48-41)35-12-6-2-7-13-35)52-39-18-21-42-33(24-39)27-45(30-49-42)36-14-8-3-9-15-36;1-13-4-3-5-17(10-13)22-25-19-9-7-16(12-21(19)26-22)15-6-8-18-20(11-15)24-14(2)23-18/h1-24H,25-30H2;3-12H,1-2H3,(H,23,24)(H,25,26). The number of hydrogen-bond donors (Lipinski definition) is 2. The van der Waals surface area contributed by atoms with Crippen LogP contribution in [0.2, 0.25) is 0 Å². The highest BCUT2D eigenvalue weighted by atomic mass is 31.2. The van der Waals surface area contributed by atoms with Gasteiger partial charge in [0.2, 0.25) is 0 Å². The van der Waals surface area contributed by atoms with Crippen molar-refractivity contribution >= 4 is 47.0 Å². The van der Waals surface area contributed by atoms with Crippen LogP contribution >= 0.6 is 7.82 Å². The van der Waals surface area contributed by atoms with Crippen LogP contribution in [0.3, 0.4) is 0 Å². The first-order chi connectivity index (χ1) is 38.7. The fourth-order valence-corrected chi connectivity index (χ4v) is 11.3. The molecule has 392 valence electrons. The number of nitrogens with one attached hydrogen (secondary N) is 2. The number of aryl methyl sites for hydroxylation is 2. The normalized spacial score (nSPS) is 13.7. The van der Waals surface area contributed by atoms with Crippen LogP contribution in [0.5, 0.6) is 34.5 Å². The van der Waals surface area contributed by atoms with Crippen molar-refractivity contribution in [1.29, 1.82) is 0 Å². The van der Waals surface area contributed by atoms with Gasteiger partial charge in [-0.15, -0.1) is 0 Å². The highest BCUT2D eigenvalue weighted by molar-refractivity contribution is 7.49. The Morgan fingerprint density at radius 3 is 1.30 bits per heavy atom. The van der Waals surface area contributed by atoms with Gasteiger partial charge >= 0.3 is 7.82 Å². The second-order valence-electron chi connectivity index (χ2n) is 19.7. The summed E-state index contributed by atoms with van der Waals surface area (Å²) in [5.74, 6) is 4.99. The van der Waals surface area contributed by atoms with Gasteiger partial charge in [0, 0.05) is 59.0 Å². The van der Waals surface area contributed by atoms with Gasteiger partial charge < -0.3 is 52.4 Å². The van der Waals surface area contributed by atoms with Crippen LogP contribution in [0.1, 0.15) is 28.1 Å². The number of aromatic amines is 2. The summed E-state index contributed by atoms with van der Waals surface area (Å²) in [5, 5.41) is 0. The number of ether oxygens (including phenoxy) is 3. The molecular weight excluding hydrogens is 1010 g/mol. The molecule has 3 aliphatic heterocycles. The topological polar surface area (TPSA) is 140 Å². The molecule has 0 radical (unpaired) electrons. The molecule has 0 saturated carbocycles. The van der Waals surface area contributed by atoms with Crippen molar-refractivity contribution < 1.29 is 32.3 Å². The molecule has 0 fully saturated rings. The zero-order chi connectivity index (χ0) is 53.3. The molecule has 0 saturated heterocycles. The van der Waals surface area contributed by atoms with E-state index in [0.717, 1.165) is 101 Å². The average molecular weight is 1060 g/mol. The maximum Gasteiger partial charge on any atom is 0.647 e. The third kappa shape index (κ3) is 10.7. The van der Waals surface area contributed by atoms with Gasteiger partial charge in [-0.25, -0.2) is 9.97 Å². The van der Waals surface area contributed by atoms with Gasteiger partial charge in [-0.2, -0.15) is 4.57 Å². The average Bonchev–Trinajstić information content (AvgIpc) is 4.13. The molecule has 79 heavy (non-hydrogen) atoms. The van der Waals surface area contributed by atoms with E-state index in [0.29, 0.717) is 57.1 Å². The van der Waals surface area contributed by atoms with E-state index in [2.05, 4.69) is 97.2 Å². The van der Waals surface area contributed by atoms with Gasteiger partial charge in [-0.1, -0.05) is 90.5 Å². The van der Waals surface area contributed by atoms with E-state index in [1.54, 1.807) is 18.2 Å². The van der Waals surface area contributed by atoms with E-state index in [1.807, 2.05) is 134 Å². The first kappa shape index (κ1) is 49.0. The summed E-state index contributed by atoms with van der Waals surface area (Å²) < 4.78 is 51.8. The molecule has 11 aromatic rings. The van der Waals surface area contributed by atoms with Gasteiger partial charge in [-0.3, -0.25) is 0 Å². The first-order valence-electron chi connectivity index (χ1n) is 26.1. The molecule has 0 atom stereocenters. The zero-order valence-electron chi connectivity index (χ0n) is 43.4. The number of para-hydroxylation sites is 3. The molecule has 0 spiro atoms. The van der Waals surface area contributed by atoms with Crippen LogP contribution in [0, 0.1) is 13.8 Å². The quantitative estimate of drug-likeness (QED) is 0.119. The lowest BCUT2D eigenvalue weighted by Crippen LogP contribution is -2.31. The van der Waals surface area contributed by atoms with Crippen LogP contribution in [0.25, 0.3) is 44.6 Å². The van der Waals surface area contributed by atoms with Gasteiger partial charge in [0.15, 0.2) is 20.2 Å². The number of imidazole rings is 2. The minimum Gasteiger partial charge on any atom is -0.473 e. The second-order valence-corrected chi connectivity index (χ2v) is 21.1. The van der Waals surface area contributed by atoms with Crippen molar-refractivity contribution in [1.82, 2.24) is 19.9 Å². The molecule has 2 N–H and O–H groups in total. The van der Waals surface area contributed by atoms with Crippen molar-refractivity contribution in [2.24, 2.45) is 0 Å². The molecule has 14 rings (SSSR count). The Morgan fingerprint density at radius 2 is 0.861 bits per heavy atom. The monoisotopic (exact) mass is 1060 g/mol. The van der Waals surface area contributed by atoms with Crippen LogP contribution in [0.15, 0.2) is 206 Å². The second kappa shape index (κ2) is 21.1. The van der Waals surface area contributed by atoms with Gasteiger partial charge in [0.1, 0.15) is 46.1 Å². The lowest BCUT2D eigenvalue weighted by molar-refractivity contribution is 0.281. The van der Waals surface area contributed by atoms with Gasteiger partial charge in [0.05, 0.1) is 22.1 Å². The van der Waals surface area contributed by atoms with Crippen molar-refractivity contribution in [3.8, 4) is 57.0 Å². The number of rotatable bonds is 11. The summed E-state index contributed by atoms with van der Waals surface area (Å²) in [4.78, 5) is 22.3. The van der Waals surface area contributed by atoms with Crippen LogP contribution in [-0.2, 0) is 24.2 Å². The molecule has 14 nitrogen and oxygen atoms in total.